The summed E-state index contributed by atoms with van der Waals surface area (Å²) in [6, 6.07) is 3.09. The molecule has 2 N–H and O–H groups in total. The minimum Gasteiger partial charge on any atom is -0.475 e. The van der Waals surface area contributed by atoms with Crippen molar-refractivity contribution in [1.29, 1.82) is 0 Å². The summed E-state index contributed by atoms with van der Waals surface area (Å²) in [6.45, 7) is 1.08. The summed E-state index contributed by atoms with van der Waals surface area (Å²) in [6.07, 6.45) is 3.60. The van der Waals surface area contributed by atoms with Crippen LogP contribution in [0.4, 0.5) is 0 Å². The van der Waals surface area contributed by atoms with Crippen LogP contribution in [0.1, 0.15) is 22.1 Å². The van der Waals surface area contributed by atoms with Gasteiger partial charge in [-0.05, 0) is 12.1 Å². The van der Waals surface area contributed by atoms with E-state index in [0.717, 1.165) is 5.82 Å². The molecular weight excluding hydrogens is 222 g/mol. The Morgan fingerprint density at radius 2 is 2.35 bits per heavy atom. The molecular formula is C11H13N3O3. The van der Waals surface area contributed by atoms with Crippen LogP contribution in [0.25, 0.3) is 0 Å². The molecule has 0 saturated heterocycles. The quantitative estimate of drug-likeness (QED) is 0.808. The Morgan fingerprint density at radius 3 is 2.94 bits per heavy atom. The van der Waals surface area contributed by atoms with E-state index in [2.05, 4.69) is 10.3 Å². The number of aromatic nitrogens is 2. The first-order chi connectivity index (χ1) is 8.16. The maximum absolute atomic E-state index is 10.6. The molecule has 0 aliphatic heterocycles. The predicted molar refractivity (Wildman–Crippen MR) is 59.4 cm³/mol. The number of carbonyl (C=O) groups is 1. The Morgan fingerprint density at radius 1 is 1.53 bits per heavy atom. The molecule has 0 amide bonds. The van der Waals surface area contributed by atoms with Gasteiger partial charge in [0.2, 0.25) is 5.76 Å². The summed E-state index contributed by atoms with van der Waals surface area (Å²) in [5, 5.41) is 11.8. The Bertz CT molecular complexity index is 516. The third kappa shape index (κ3) is 2.73. The van der Waals surface area contributed by atoms with E-state index in [-0.39, 0.29) is 5.76 Å². The van der Waals surface area contributed by atoms with Gasteiger partial charge < -0.3 is 19.4 Å². The molecule has 0 unspecified atom stereocenters. The lowest BCUT2D eigenvalue weighted by Crippen LogP contribution is -2.15. The van der Waals surface area contributed by atoms with Crippen molar-refractivity contribution in [3.63, 3.8) is 0 Å². The number of carboxylic acid groups (broad SMARTS) is 1. The highest BCUT2D eigenvalue weighted by molar-refractivity contribution is 5.84. The zero-order valence-electron chi connectivity index (χ0n) is 9.38. The van der Waals surface area contributed by atoms with Gasteiger partial charge in [-0.1, -0.05) is 0 Å². The van der Waals surface area contributed by atoms with E-state index in [0.29, 0.717) is 18.8 Å². The molecule has 6 nitrogen and oxygen atoms in total. The van der Waals surface area contributed by atoms with Crippen LogP contribution in [0.15, 0.2) is 28.9 Å². The van der Waals surface area contributed by atoms with Crippen LogP contribution in [0.2, 0.25) is 0 Å². The minimum atomic E-state index is -1.06. The monoisotopic (exact) mass is 235 g/mol. The number of carboxylic acids is 1. The average Bonchev–Trinajstić information content (AvgIpc) is 2.89. The second kappa shape index (κ2) is 4.84. The van der Waals surface area contributed by atoms with Gasteiger partial charge in [0.1, 0.15) is 11.6 Å². The third-order valence-electron chi connectivity index (χ3n) is 2.38. The molecule has 90 valence electrons. The van der Waals surface area contributed by atoms with Gasteiger partial charge >= 0.3 is 5.97 Å². The highest BCUT2D eigenvalue weighted by Crippen LogP contribution is 2.07. The molecule has 2 aromatic heterocycles. The molecule has 0 saturated carbocycles. The maximum Gasteiger partial charge on any atom is 0.371 e. The lowest BCUT2D eigenvalue weighted by molar-refractivity contribution is 0.0660. The number of hydrogen-bond acceptors (Lipinski definition) is 4. The Hall–Kier alpha value is -2.08. The molecule has 6 heteroatoms. The predicted octanol–water partition coefficient (Wildman–Crippen LogP) is 1.00. The van der Waals surface area contributed by atoms with Crippen LogP contribution in [0, 0.1) is 0 Å². The molecule has 0 spiro atoms. The Labute approximate surface area is 97.9 Å². The summed E-state index contributed by atoms with van der Waals surface area (Å²) in [5.41, 5.74) is 0. The van der Waals surface area contributed by atoms with Crippen LogP contribution in [-0.4, -0.2) is 20.6 Å². The van der Waals surface area contributed by atoms with Crippen molar-refractivity contribution in [1.82, 2.24) is 14.9 Å². The van der Waals surface area contributed by atoms with E-state index in [9.17, 15) is 4.79 Å². The Balaban J connectivity index is 1.86. The van der Waals surface area contributed by atoms with Crippen LogP contribution in [0.5, 0.6) is 0 Å². The molecule has 0 radical (unpaired) electrons. The van der Waals surface area contributed by atoms with Gasteiger partial charge in [-0.3, -0.25) is 0 Å². The number of nitrogens with zero attached hydrogens (tertiary/aromatic N) is 2. The number of aryl methyl sites for hydroxylation is 1. The van der Waals surface area contributed by atoms with Gasteiger partial charge in [0.15, 0.2) is 0 Å². The topological polar surface area (TPSA) is 80.3 Å². The standard InChI is InChI=1S/C11H13N3O3/c1-14-5-4-13-10(14)7-12-6-8-2-3-9(17-8)11(15)16/h2-5,12H,6-7H2,1H3,(H,15,16). The average molecular weight is 235 g/mol. The first-order valence-electron chi connectivity index (χ1n) is 5.16. The minimum absolute atomic E-state index is 0.0428. The molecule has 17 heavy (non-hydrogen) atoms. The fourth-order valence-electron chi connectivity index (χ4n) is 1.45. The molecule has 0 aromatic carbocycles. The summed E-state index contributed by atoms with van der Waals surface area (Å²) < 4.78 is 7.02. The van der Waals surface area contributed by atoms with Gasteiger partial charge in [-0.2, -0.15) is 0 Å². The van der Waals surface area contributed by atoms with Gasteiger partial charge in [0.25, 0.3) is 0 Å². The lowest BCUT2D eigenvalue weighted by atomic mass is 10.4. The smallest absolute Gasteiger partial charge is 0.371 e. The highest BCUT2D eigenvalue weighted by atomic mass is 16.4. The maximum atomic E-state index is 10.6. The van der Waals surface area contributed by atoms with Crippen molar-refractivity contribution in [2.45, 2.75) is 13.1 Å². The van der Waals surface area contributed by atoms with Crippen LogP contribution >= 0.6 is 0 Å². The van der Waals surface area contributed by atoms with Crippen LogP contribution < -0.4 is 5.32 Å². The number of rotatable bonds is 5. The number of aromatic carboxylic acids is 1. The van der Waals surface area contributed by atoms with E-state index in [1.165, 1.54) is 6.07 Å². The van der Waals surface area contributed by atoms with E-state index in [4.69, 9.17) is 9.52 Å². The molecule has 0 aliphatic rings. The van der Waals surface area contributed by atoms with Gasteiger partial charge in [-0.25, -0.2) is 9.78 Å². The van der Waals surface area contributed by atoms with E-state index < -0.39 is 5.97 Å². The van der Waals surface area contributed by atoms with Crippen LogP contribution in [0.3, 0.4) is 0 Å². The van der Waals surface area contributed by atoms with E-state index >= 15 is 0 Å². The summed E-state index contributed by atoms with van der Waals surface area (Å²) in [4.78, 5) is 14.7. The van der Waals surface area contributed by atoms with Crippen molar-refractivity contribution in [3.8, 4) is 0 Å². The lowest BCUT2D eigenvalue weighted by Gasteiger charge is -2.02. The molecule has 2 aromatic rings. The molecule has 0 atom stereocenters. The van der Waals surface area contributed by atoms with E-state index in [1.807, 2.05) is 17.8 Å². The second-order valence-corrected chi connectivity index (χ2v) is 3.63. The summed E-state index contributed by atoms with van der Waals surface area (Å²) in [7, 11) is 1.92. The third-order valence-corrected chi connectivity index (χ3v) is 2.38. The van der Waals surface area contributed by atoms with Crippen LogP contribution in [-0.2, 0) is 20.1 Å². The summed E-state index contributed by atoms with van der Waals surface area (Å²) >= 11 is 0. The fourth-order valence-corrected chi connectivity index (χ4v) is 1.45. The molecule has 0 bridgehead atoms. The number of nitrogens with one attached hydrogen (secondary N) is 1. The van der Waals surface area contributed by atoms with Crippen molar-refractivity contribution in [2.75, 3.05) is 0 Å². The van der Waals surface area contributed by atoms with E-state index in [1.54, 1.807) is 12.3 Å². The van der Waals surface area contributed by atoms with Crippen molar-refractivity contribution in [2.24, 2.45) is 7.05 Å². The van der Waals surface area contributed by atoms with Gasteiger partial charge in [0.05, 0.1) is 13.1 Å². The Kier molecular flexibility index (Phi) is 3.24. The molecule has 0 fully saturated rings. The highest BCUT2D eigenvalue weighted by Gasteiger charge is 2.08. The molecule has 2 heterocycles. The molecule has 2 rings (SSSR count). The number of hydrogen-bond donors (Lipinski definition) is 2. The van der Waals surface area contributed by atoms with Gasteiger partial charge in [-0.15, -0.1) is 0 Å². The normalized spacial score (nSPS) is 10.6. The van der Waals surface area contributed by atoms with Crippen molar-refractivity contribution in [3.05, 3.63) is 41.9 Å². The number of imidazole rings is 1. The van der Waals surface area contributed by atoms with Crippen molar-refractivity contribution >= 4 is 5.97 Å². The fraction of sp³-hybridized carbons (Fsp3) is 0.273. The SMILES string of the molecule is Cn1ccnc1CNCc1ccc(C(=O)O)o1. The summed E-state index contributed by atoms with van der Waals surface area (Å²) in [5.74, 6) is 0.408. The van der Waals surface area contributed by atoms with Gasteiger partial charge in [0, 0.05) is 19.4 Å². The zero-order valence-corrected chi connectivity index (χ0v) is 9.38. The first-order valence-corrected chi connectivity index (χ1v) is 5.16. The second-order valence-electron chi connectivity index (χ2n) is 3.63. The molecule has 0 aliphatic carbocycles. The zero-order chi connectivity index (χ0) is 12.3. The van der Waals surface area contributed by atoms with Crippen molar-refractivity contribution < 1.29 is 14.3 Å². The first kappa shape index (κ1) is 11.4. The largest absolute Gasteiger partial charge is 0.475 e. The number of furan rings is 1.